The van der Waals surface area contributed by atoms with E-state index in [4.69, 9.17) is 16.6 Å². The highest BCUT2D eigenvalue weighted by Crippen LogP contribution is 2.40. The molecule has 0 bridgehead atoms. The summed E-state index contributed by atoms with van der Waals surface area (Å²) in [5.41, 5.74) is 2.32. The van der Waals surface area contributed by atoms with Gasteiger partial charge in [-0.3, -0.25) is 0 Å². The van der Waals surface area contributed by atoms with Crippen molar-refractivity contribution < 1.29 is 0 Å². The second-order valence-corrected chi connectivity index (χ2v) is 8.56. The molecule has 0 saturated heterocycles. The van der Waals surface area contributed by atoms with Crippen molar-refractivity contribution >= 4 is 45.2 Å². The van der Waals surface area contributed by atoms with E-state index >= 15 is 0 Å². The lowest BCUT2D eigenvalue weighted by atomic mass is 9.80. The third kappa shape index (κ3) is 3.09. The number of halogens is 2. The fourth-order valence-electron chi connectivity index (χ4n) is 3.87. The number of benzene rings is 1. The van der Waals surface area contributed by atoms with E-state index in [1.54, 1.807) is 0 Å². The maximum Gasteiger partial charge on any atom is 0.127 e. The van der Waals surface area contributed by atoms with E-state index < -0.39 is 0 Å². The molecular weight excluding hydrogens is 395 g/mol. The summed E-state index contributed by atoms with van der Waals surface area (Å²) >= 11 is 8.77. The molecule has 3 rings (SSSR count). The summed E-state index contributed by atoms with van der Waals surface area (Å²) in [5.74, 6) is 2.58. The van der Waals surface area contributed by atoms with Crippen molar-refractivity contribution in [3.05, 3.63) is 27.6 Å². The van der Waals surface area contributed by atoms with E-state index in [0.29, 0.717) is 6.04 Å². The van der Waals surface area contributed by atoms with E-state index in [1.807, 2.05) is 6.92 Å². The summed E-state index contributed by atoms with van der Waals surface area (Å²) in [6.07, 6.45) is 3.81. The molecular formula is C17H22ClIN2. The highest BCUT2D eigenvalue weighted by molar-refractivity contribution is 14.1. The molecule has 1 aliphatic carbocycles. The van der Waals surface area contributed by atoms with Crippen LogP contribution in [0.15, 0.2) is 18.2 Å². The molecule has 4 heteroatoms. The minimum atomic E-state index is -0.0531. The molecule has 2 nitrogen and oxygen atoms in total. The van der Waals surface area contributed by atoms with Crippen LogP contribution < -0.4 is 0 Å². The molecule has 1 aromatic carbocycles. The Morgan fingerprint density at radius 2 is 1.90 bits per heavy atom. The van der Waals surface area contributed by atoms with Crippen molar-refractivity contribution in [3.8, 4) is 0 Å². The number of hydrogen-bond acceptors (Lipinski definition) is 1. The van der Waals surface area contributed by atoms with Crippen LogP contribution in [0, 0.1) is 15.4 Å². The van der Waals surface area contributed by atoms with Gasteiger partial charge in [-0.1, -0.05) is 13.8 Å². The van der Waals surface area contributed by atoms with Gasteiger partial charge in [-0.15, -0.1) is 11.6 Å². The van der Waals surface area contributed by atoms with Crippen LogP contribution in [-0.2, 0) is 0 Å². The Balaban J connectivity index is 2.13. The first-order chi connectivity index (χ1) is 9.95. The number of aromatic nitrogens is 2. The summed E-state index contributed by atoms with van der Waals surface area (Å²) in [5, 5.41) is -0.0531. The van der Waals surface area contributed by atoms with Crippen LogP contribution in [0.5, 0.6) is 0 Å². The highest BCUT2D eigenvalue weighted by Gasteiger charge is 2.29. The number of hydrogen-bond donors (Lipinski definition) is 0. The molecule has 0 radical (unpaired) electrons. The summed E-state index contributed by atoms with van der Waals surface area (Å²) < 4.78 is 3.65. The van der Waals surface area contributed by atoms with Crippen molar-refractivity contribution in [2.75, 3.05) is 0 Å². The molecule has 21 heavy (non-hydrogen) atoms. The fourth-order valence-corrected chi connectivity index (χ4v) is 4.50. The standard InChI is InChI=1S/C17H22ClIN2/c1-10-6-11(2)8-14(7-10)21-16-5-4-13(19)9-15(16)20-17(21)12(3)18/h4-5,9-12,14H,6-8H2,1-3H3. The average Bonchev–Trinajstić information content (AvgIpc) is 2.76. The zero-order valence-electron chi connectivity index (χ0n) is 12.8. The van der Waals surface area contributed by atoms with Gasteiger partial charge in [0.15, 0.2) is 0 Å². The predicted octanol–water partition coefficient (Wildman–Crippen LogP) is 5.94. The molecule has 1 aromatic heterocycles. The molecule has 0 N–H and O–H groups in total. The lowest BCUT2D eigenvalue weighted by Crippen LogP contribution is -2.24. The van der Waals surface area contributed by atoms with Gasteiger partial charge in [0, 0.05) is 9.61 Å². The van der Waals surface area contributed by atoms with Gasteiger partial charge in [0.25, 0.3) is 0 Å². The van der Waals surface area contributed by atoms with E-state index in [0.717, 1.165) is 23.2 Å². The van der Waals surface area contributed by atoms with Crippen LogP contribution in [0.25, 0.3) is 11.0 Å². The first-order valence-corrected chi connectivity index (χ1v) is 9.28. The van der Waals surface area contributed by atoms with Crippen LogP contribution >= 0.6 is 34.2 Å². The van der Waals surface area contributed by atoms with Crippen molar-refractivity contribution in [3.63, 3.8) is 0 Å². The SMILES string of the molecule is CC1CC(C)CC(n2c(C(C)Cl)nc3cc(I)ccc32)C1. The Bertz CT molecular complexity index is 640. The van der Waals surface area contributed by atoms with Gasteiger partial charge in [-0.05, 0) is 78.8 Å². The van der Waals surface area contributed by atoms with Gasteiger partial charge < -0.3 is 4.57 Å². The summed E-state index contributed by atoms with van der Waals surface area (Å²) in [6.45, 7) is 6.77. The van der Waals surface area contributed by atoms with Gasteiger partial charge >= 0.3 is 0 Å². The Kier molecular flexibility index (Phi) is 4.51. The minimum absolute atomic E-state index is 0.0531. The molecule has 0 amide bonds. The Morgan fingerprint density at radius 3 is 2.52 bits per heavy atom. The largest absolute Gasteiger partial charge is 0.324 e. The first kappa shape index (κ1) is 15.6. The molecule has 1 heterocycles. The van der Waals surface area contributed by atoms with Gasteiger partial charge in [-0.2, -0.15) is 0 Å². The summed E-state index contributed by atoms with van der Waals surface area (Å²) in [7, 11) is 0. The van der Waals surface area contributed by atoms with Crippen molar-refractivity contribution in [1.82, 2.24) is 9.55 Å². The molecule has 2 aromatic rings. The van der Waals surface area contributed by atoms with Crippen molar-refractivity contribution in [2.24, 2.45) is 11.8 Å². The Hall–Kier alpha value is -0.290. The van der Waals surface area contributed by atoms with E-state index in [1.165, 1.54) is 28.3 Å². The number of imidazole rings is 1. The van der Waals surface area contributed by atoms with Crippen LogP contribution in [0.4, 0.5) is 0 Å². The number of rotatable bonds is 2. The van der Waals surface area contributed by atoms with Crippen LogP contribution in [0.1, 0.15) is 57.3 Å². The number of alkyl halides is 1. The topological polar surface area (TPSA) is 17.8 Å². The molecule has 114 valence electrons. The van der Waals surface area contributed by atoms with Gasteiger partial charge in [0.1, 0.15) is 5.82 Å². The van der Waals surface area contributed by atoms with Crippen molar-refractivity contribution in [1.29, 1.82) is 0 Å². The molecule has 1 fully saturated rings. The molecule has 1 saturated carbocycles. The maximum absolute atomic E-state index is 6.43. The lowest BCUT2D eigenvalue weighted by Gasteiger charge is -2.33. The molecule has 1 aliphatic rings. The normalized spacial score (nSPS) is 28.0. The van der Waals surface area contributed by atoms with Crippen LogP contribution in [0.2, 0.25) is 0 Å². The zero-order chi connectivity index (χ0) is 15.1. The molecule has 3 atom stereocenters. The first-order valence-electron chi connectivity index (χ1n) is 7.77. The smallest absolute Gasteiger partial charge is 0.127 e. The third-order valence-electron chi connectivity index (χ3n) is 4.55. The third-order valence-corrected chi connectivity index (χ3v) is 5.42. The quantitative estimate of drug-likeness (QED) is 0.438. The Morgan fingerprint density at radius 1 is 1.24 bits per heavy atom. The number of nitrogens with zero attached hydrogens (tertiary/aromatic N) is 2. The van der Waals surface area contributed by atoms with Crippen LogP contribution in [-0.4, -0.2) is 9.55 Å². The summed E-state index contributed by atoms with van der Waals surface area (Å²) in [4.78, 5) is 4.82. The Labute approximate surface area is 145 Å². The highest BCUT2D eigenvalue weighted by atomic mass is 127. The van der Waals surface area contributed by atoms with Gasteiger partial charge in [0.2, 0.25) is 0 Å². The van der Waals surface area contributed by atoms with E-state index in [-0.39, 0.29) is 5.38 Å². The number of fused-ring (bicyclic) bond motifs is 1. The fraction of sp³-hybridized carbons (Fsp3) is 0.588. The monoisotopic (exact) mass is 416 g/mol. The predicted molar refractivity (Wildman–Crippen MR) is 97.9 cm³/mol. The van der Waals surface area contributed by atoms with Gasteiger partial charge in [0.05, 0.1) is 16.4 Å². The summed E-state index contributed by atoms with van der Waals surface area (Å²) in [6, 6.07) is 7.06. The van der Waals surface area contributed by atoms with E-state index in [9.17, 15) is 0 Å². The minimum Gasteiger partial charge on any atom is -0.324 e. The zero-order valence-corrected chi connectivity index (χ0v) is 15.7. The second kappa shape index (κ2) is 6.07. The van der Waals surface area contributed by atoms with Crippen molar-refractivity contribution in [2.45, 2.75) is 51.5 Å². The van der Waals surface area contributed by atoms with E-state index in [2.05, 4.69) is 59.2 Å². The van der Waals surface area contributed by atoms with Crippen LogP contribution in [0.3, 0.4) is 0 Å². The second-order valence-electron chi connectivity index (χ2n) is 6.66. The maximum atomic E-state index is 6.43. The van der Waals surface area contributed by atoms with Gasteiger partial charge in [-0.25, -0.2) is 4.98 Å². The average molecular weight is 417 g/mol. The molecule has 3 unspecified atom stereocenters. The lowest BCUT2D eigenvalue weighted by molar-refractivity contribution is 0.221. The molecule has 0 spiro atoms. The molecule has 0 aliphatic heterocycles.